The topological polar surface area (TPSA) is 19.4 Å². The first-order chi connectivity index (χ1) is 13.0. The maximum atomic E-state index is 12.9. The lowest BCUT2D eigenvalue weighted by molar-refractivity contribution is -0.137. The maximum absolute atomic E-state index is 12.9. The van der Waals surface area contributed by atoms with Gasteiger partial charge in [-0.25, -0.2) is 0 Å². The molecule has 1 aliphatic rings. The fraction of sp³-hybridized carbons (Fsp3) is 0.286. The van der Waals surface area contributed by atoms with E-state index in [2.05, 4.69) is 22.0 Å². The van der Waals surface area contributed by atoms with E-state index in [0.29, 0.717) is 18.8 Å². The first-order valence-corrected chi connectivity index (χ1v) is 8.97. The van der Waals surface area contributed by atoms with Crippen LogP contribution in [0.2, 0.25) is 0 Å². The third-order valence-corrected chi connectivity index (χ3v) is 4.96. The Morgan fingerprint density at radius 2 is 1.67 bits per heavy atom. The summed E-state index contributed by atoms with van der Waals surface area (Å²) in [6.07, 6.45) is -2.40. The first kappa shape index (κ1) is 17.8. The predicted octanol–water partition coefficient (Wildman–Crippen LogP) is 4.58. The van der Waals surface area contributed by atoms with E-state index in [4.69, 9.17) is 0 Å². The molecule has 0 aliphatic carbocycles. The van der Waals surface area contributed by atoms with E-state index in [9.17, 15) is 13.2 Å². The summed E-state index contributed by atoms with van der Waals surface area (Å²) in [6, 6.07) is 15.8. The number of benzene rings is 2. The zero-order valence-corrected chi connectivity index (χ0v) is 14.8. The van der Waals surface area contributed by atoms with Crippen LogP contribution in [0.4, 0.5) is 18.9 Å². The van der Waals surface area contributed by atoms with Crippen LogP contribution in [0.5, 0.6) is 0 Å². The fourth-order valence-electron chi connectivity index (χ4n) is 3.50. The molecule has 0 amide bonds. The van der Waals surface area contributed by atoms with Crippen molar-refractivity contribution < 1.29 is 13.2 Å². The third-order valence-electron chi connectivity index (χ3n) is 4.96. The average molecular weight is 371 g/mol. The lowest BCUT2D eigenvalue weighted by Crippen LogP contribution is -2.46. The molecular weight excluding hydrogens is 351 g/mol. The van der Waals surface area contributed by atoms with Crippen molar-refractivity contribution in [1.82, 2.24) is 9.88 Å². The largest absolute Gasteiger partial charge is 0.416 e. The summed E-state index contributed by atoms with van der Waals surface area (Å²) in [6.45, 7) is 3.84. The van der Waals surface area contributed by atoms with Crippen LogP contribution in [0.15, 0.2) is 60.8 Å². The summed E-state index contributed by atoms with van der Waals surface area (Å²) in [5.74, 6) is 0. The highest BCUT2D eigenvalue weighted by Crippen LogP contribution is 2.32. The first-order valence-electron chi connectivity index (χ1n) is 8.97. The molecule has 0 spiro atoms. The van der Waals surface area contributed by atoms with Gasteiger partial charge in [0.15, 0.2) is 0 Å². The Labute approximate surface area is 156 Å². The summed E-state index contributed by atoms with van der Waals surface area (Å²) >= 11 is 0. The molecule has 0 radical (unpaired) electrons. The number of nitrogens with zero attached hydrogens (tertiary/aromatic N) is 3. The predicted molar refractivity (Wildman–Crippen MR) is 101 cm³/mol. The van der Waals surface area contributed by atoms with Crippen molar-refractivity contribution in [3.8, 4) is 0 Å². The van der Waals surface area contributed by atoms with Crippen LogP contribution >= 0.6 is 0 Å². The number of para-hydroxylation sites is 1. The van der Waals surface area contributed by atoms with Crippen LogP contribution in [0.25, 0.3) is 10.9 Å². The molecule has 6 heteroatoms. The number of anilines is 1. The Bertz CT molecular complexity index is 931. The maximum Gasteiger partial charge on any atom is 0.416 e. The van der Waals surface area contributed by atoms with Gasteiger partial charge in [0.2, 0.25) is 0 Å². The number of piperazine rings is 1. The second kappa shape index (κ2) is 7.19. The Balaban J connectivity index is 1.40. The number of halogens is 3. The van der Waals surface area contributed by atoms with Crippen LogP contribution < -0.4 is 4.90 Å². The van der Waals surface area contributed by atoms with Gasteiger partial charge in [-0.05, 0) is 35.9 Å². The molecule has 3 aromatic rings. The van der Waals surface area contributed by atoms with Crippen molar-refractivity contribution in [2.75, 3.05) is 31.1 Å². The van der Waals surface area contributed by atoms with E-state index < -0.39 is 11.7 Å². The van der Waals surface area contributed by atoms with Crippen LogP contribution in [-0.2, 0) is 12.7 Å². The number of pyridine rings is 1. The Morgan fingerprint density at radius 1 is 0.889 bits per heavy atom. The number of hydrogen-bond donors (Lipinski definition) is 0. The molecule has 2 heterocycles. The van der Waals surface area contributed by atoms with Gasteiger partial charge in [0.1, 0.15) is 0 Å². The van der Waals surface area contributed by atoms with Crippen LogP contribution in [0.1, 0.15) is 11.1 Å². The van der Waals surface area contributed by atoms with Gasteiger partial charge in [-0.3, -0.25) is 9.88 Å². The Kier molecular flexibility index (Phi) is 4.74. The summed E-state index contributed by atoms with van der Waals surface area (Å²) in [7, 11) is 0. The van der Waals surface area contributed by atoms with E-state index in [1.54, 1.807) is 6.07 Å². The molecule has 0 atom stereocenters. The Morgan fingerprint density at radius 3 is 2.44 bits per heavy atom. The lowest BCUT2D eigenvalue weighted by atomic mass is 10.1. The zero-order valence-electron chi connectivity index (χ0n) is 14.8. The van der Waals surface area contributed by atoms with Gasteiger partial charge in [-0.2, -0.15) is 13.2 Å². The highest BCUT2D eigenvalue weighted by Gasteiger charge is 2.31. The molecule has 1 saturated heterocycles. The fourth-order valence-corrected chi connectivity index (χ4v) is 3.50. The molecule has 1 aromatic heterocycles. The van der Waals surface area contributed by atoms with E-state index in [1.807, 2.05) is 29.3 Å². The molecule has 1 fully saturated rings. The molecule has 3 nitrogen and oxygen atoms in total. The molecule has 4 rings (SSSR count). The molecule has 0 N–H and O–H groups in total. The quantitative estimate of drug-likeness (QED) is 0.672. The minimum Gasteiger partial charge on any atom is -0.369 e. The van der Waals surface area contributed by atoms with Gasteiger partial charge in [0.05, 0.1) is 11.1 Å². The van der Waals surface area contributed by atoms with Crippen LogP contribution in [0, 0.1) is 0 Å². The summed E-state index contributed by atoms with van der Waals surface area (Å²) in [5.41, 5.74) is 2.18. The van der Waals surface area contributed by atoms with E-state index in [1.165, 1.54) is 12.1 Å². The molecule has 140 valence electrons. The standard InChI is InChI=1S/C21H20F3N3/c22-21(23,24)18-5-3-6-19(13-18)27-10-8-26(9-11-27)15-16-12-17-4-1-2-7-20(17)25-14-16/h1-7,12-14H,8-11,15H2. The van der Waals surface area contributed by atoms with E-state index in [-0.39, 0.29) is 0 Å². The molecular formula is C21H20F3N3. The van der Waals surface area contributed by atoms with Crippen molar-refractivity contribution in [3.05, 3.63) is 71.9 Å². The molecule has 0 unspecified atom stereocenters. The van der Waals surface area contributed by atoms with Crippen molar-refractivity contribution in [3.63, 3.8) is 0 Å². The van der Waals surface area contributed by atoms with Crippen molar-refractivity contribution in [2.45, 2.75) is 12.7 Å². The SMILES string of the molecule is FC(F)(F)c1cccc(N2CCN(Cc3cnc4ccccc4c3)CC2)c1. The smallest absolute Gasteiger partial charge is 0.369 e. The summed E-state index contributed by atoms with van der Waals surface area (Å²) in [4.78, 5) is 8.83. The average Bonchev–Trinajstić information content (AvgIpc) is 2.68. The third kappa shape index (κ3) is 4.06. The monoisotopic (exact) mass is 371 g/mol. The van der Waals surface area contributed by atoms with Gasteiger partial charge >= 0.3 is 6.18 Å². The number of rotatable bonds is 3. The molecule has 1 aliphatic heterocycles. The minimum absolute atomic E-state index is 0.593. The number of aromatic nitrogens is 1. The van der Waals surface area contributed by atoms with Crippen molar-refractivity contribution >= 4 is 16.6 Å². The second-order valence-corrected chi connectivity index (χ2v) is 6.85. The Hall–Kier alpha value is -2.60. The van der Waals surface area contributed by atoms with Gasteiger partial charge in [-0.15, -0.1) is 0 Å². The van der Waals surface area contributed by atoms with E-state index >= 15 is 0 Å². The summed E-state index contributed by atoms with van der Waals surface area (Å²) in [5, 5.41) is 1.12. The zero-order chi connectivity index (χ0) is 18.9. The van der Waals surface area contributed by atoms with Gasteiger partial charge < -0.3 is 4.90 Å². The number of alkyl halides is 3. The van der Waals surface area contributed by atoms with Crippen molar-refractivity contribution in [1.29, 1.82) is 0 Å². The van der Waals surface area contributed by atoms with Crippen molar-refractivity contribution in [2.24, 2.45) is 0 Å². The highest BCUT2D eigenvalue weighted by molar-refractivity contribution is 5.78. The number of fused-ring (bicyclic) bond motifs is 1. The summed E-state index contributed by atoms with van der Waals surface area (Å²) < 4.78 is 38.8. The van der Waals surface area contributed by atoms with Gasteiger partial charge in [0.25, 0.3) is 0 Å². The minimum atomic E-state index is -4.30. The molecule has 2 aromatic carbocycles. The number of hydrogen-bond acceptors (Lipinski definition) is 3. The molecule has 27 heavy (non-hydrogen) atoms. The normalized spacial score (nSPS) is 16.0. The second-order valence-electron chi connectivity index (χ2n) is 6.85. The highest BCUT2D eigenvalue weighted by atomic mass is 19.4. The van der Waals surface area contributed by atoms with E-state index in [0.717, 1.165) is 42.2 Å². The van der Waals surface area contributed by atoms with Crippen LogP contribution in [-0.4, -0.2) is 36.1 Å². The molecule has 0 bridgehead atoms. The molecule has 0 saturated carbocycles. The van der Waals surface area contributed by atoms with Gasteiger partial charge in [0, 0.05) is 50.0 Å². The lowest BCUT2D eigenvalue weighted by Gasteiger charge is -2.36. The van der Waals surface area contributed by atoms with Crippen LogP contribution in [0.3, 0.4) is 0 Å². The van der Waals surface area contributed by atoms with Gasteiger partial charge in [-0.1, -0.05) is 24.3 Å².